The Labute approximate surface area is 135 Å². The first-order valence-corrected chi connectivity index (χ1v) is 7.76. The molecule has 5 heteroatoms. The summed E-state index contributed by atoms with van der Waals surface area (Å²) in [6, 6.07) is 5.27. The number of carbonyl (C=O) groups excluding carboxylic acids is 1. The minimum absolute atomic E-state index is 0.161. The summed E-state index contributed by atoms with van der Waals surface area (Å²) in [6.45, 7) is 0.361. The average molecular weight is 328 g/mol. The average Bonchev–Trinajstić information content (AvgIpc) is 2.86. The summed E-state index contributed by atoms with van der Waals surface area (Å²) in [4.78, 5) is 13.6. The molecule has 0 spiro atoms. The van der Waals surface area contributed by atoms with Gasteiger partial charge in [0.15, 0.2) is 0 Å². The van der Waals surface area contributed by atoms with Crippen molar-refractivity contribution >= 4 is 35.2 Å². The lowest BCUT2D eigenvalue weighted by Crippen LogP contribution is -2.41. The maximum Gasteiger partial charge on any atom is 0.246 e. The van der Waals surface area contributed by atoms with Crippen LogP contribution in [0.1, 0.15) is 31.2 Å². The van der Waals surface area contributed by atoms with Gasteiger partial charge in [0.2, 0.25) is 5.91 Å². The van der Waals surface area contributed by atoms with E-state index in [0.29, 0.717) is 22.2 Å². The number of nitrogens with zero attached hydrogens (tertiary/aromatic N) is 1. The molecule has 114 valence electrons. The highest BCUT2D eigenvalue weighted by Gasteiger charge is 2.32. The second kappa shape index (κ2) is 6.82. The molecule has 0 saturated heterocycles. The van der Waals surface area contributed by atoms with E-state index in [2.05, 4.69) is 0 Å². The zero-order valence-electron chi connectivity index (χ0n) is 12.0. The minimum Gasteiger partial charge on any atom is -0.388 e. The largest absolute Gasteiger partial charge is 0.388 e. The summed E-state index contributed by atoms with van der Waals surface area (Å²) in [5.41, 5.74) is -0.0307. The highest BCUT2D eigenvalue weighted by Crippen LogP contribution is 2.30. The molecule has 1 aromatic carbocycles. The van der Waals surface area contributed by atoms with E-state index < -0.39 is 5.60 Å². The highest BCUT2D eigenvalue weighted by molar-refractivity contribution is 6.42. The van der Waals surface area contributed by atoms with Gasteiger partial charge in [-0.2, -0.15) is 0 Å². The predicted octanol–water partition coefficient (Wildman–Crippen LogP) is 3.77. The Morgan fingerprint density at radius 2 is 2.05 bits per heavy atom. The van der Waals surface area contributed by atoms with Gasteiger partial charge in [0.25, 0.3) is 0 Å². The van der Waals surface area contributed by atoms with E-state index >= 15 is 0 Å². The van der Waals surface area contributed by atoms with Crippen LogP contribution in [-0.2, 0) is 4.79 Å². The topological polar surface area (TPSA) is 40.5 Å². The third-order valence-electron chi connectivity index (χ3n) is 3.83. The van der Waals surface area contributed by atoms with Gasteiger partial charge in [-0.3, -0.25) is 4.79 Å². The van der Waals surface area contributed by atoms with E-state index in [1.165, 1.54) is 6.08 Å². The van der Waals surface area contributed by atoms with Crippen LogP contribution in [0.15, 0.2) is 24.3 Å². The molecule has 0 radical (unpaired) electrons. The van der Waals surface area contributed by atoms with Crippen LogP contribution in [0.3, 0.4) is 0 Å². The molecule has 2 rings (SSSR count). The summed E-state index contributed by atoms with van der Waals surface area (Å²) in [5.74, 6) is -0.161. The van der Waals surface area contributed by atoms with Crippen molar-refractivity contribution in [2.45, 2.75) is 31.3 Å². The SMILES string of the molecule is CN(CC1(O)CCCC1)C(=O)/C=C/c1cccc(Cl)c1Cl. The number of hydrogen-bond acceptors (Lipinski definition) is 2. The molecule has 1 aromatic rings. The molecular formula is C16H19Cl2NO2. The van der Waals surface area contributed by atoms with Crippen LogP contribution >= 0.6 is 23.2 Å². The van der Waals surface area contributed by atoms with Crippen molar-refractivity contribution in [2.24, 2.45) is 0 Å². The van der Waals surface area contributed by atoms with Gasteiger partial charge in [0, 0.05) is 19.7 Å². The van der Waals surface area contributed by atoms with Gasteiger partial charge in [0.1, 0.15) is 0 Å². The normalized spacial score (nSPS) is 17.3. The number of rotatable bonds is 4. The third-order valence-corrected chi connectivity index (χ3v) is 4.66. The Morgan fingerprint density at radius 1 is 1.38 bits per heavy atom. The smallest absolute Gasteiger partial charge is 0.246 e. The van der Waals surface area contributed by atoms with E-state index in [0.717, 1.165) is 25.7 Å². The first-order chi connectivity index (χ1) is 9.91. The van der Waals surface area contributed by atoms with Crippen LogP contribution in [-0.4, -0.2) is 35.1 Å². The maximum atomic E-state index is 12.1. The number of hydrogen-bond donors (Lipinski definition) is 1. The zero-order valence-corrected chi connectivity index (χ0v) is 13.5. The van der Waals surface area contributed by atoms with Gasteiger partial charge >= 0.3 is 0 Å². The predicted molar refractivity (Wildman–Crippen MR) is 86.6 cm³/mol. The zero-order chi connectivity index (χ0) is 15.5. The minimum atomic E-state index is -0.730. The lowest BCUT2D eigenvalue weighted by atomic mass is 10.0. The highest BCUT2D eigenvalue weighted by atomic mass is 35.5. The van der Waals surface area contributed by atoms with Gasteiger partial charge in [-0.1, -0.05) is 48.2 Å². The number of carbonyl (C=O) groups is 1. The molecule has 1 amide bonds. The van der Waals surface area contributed by atoms with E-state index in [4.69, 9.17) is 23.2 Å². The summed E-state index contributed by atoms with van der Waals surface area (Å²) in [6.07, 6.45) is 6.66. The molecule has 0 heterocycles. The monoisotopic (exact) mass is 327 g/mol. The fourth-order valence-electron chi connectivity index (χ4n) is 2.65. The fourth-order valence-corrected chi connectivity index (χ4v) is 3.02. The number of benzene rings is 1. The molecule has 1 saturated carbocycles. The second-order valence-electron chi connectivity index (χ2n) is 5.60. The van der Waals surface area contributed by atoms with Crippen molar-refractivity contribution in [3.8, 4) is 0 Å². The van der Waals surface area contributed by atoms with Crippen molar-refractivity contribution in [1.29, 1.82) is 0 Å². The van der Waals surface area contributed by atoms with Crippen LogP contribution in [0.5, 0.6) is 0 Å². The number of amides is 1. The van der Waals surface area contributed by atoms with Crippen molar-refractivity contribution in [3.05, 3.63) is 39.9 Å². The van der Waals surface area contributed by atoms with E-state index in [-0.39, 0.29) is 5.91 Å². The summed E-state index contributed by atoms with van der Waals surface area (Å²) in [5, 5.41) is 11.2. The standard InChI is InChI=1S/C16H19Cl2NO2/c1-19(11-16(21)9-2-3-10-16)14(20)8-7-12-5-4-6-13(17)15(12)18/h4-8,21H,2-3,9-11H2,1H3/b8-7+. The molecule has 1 aliphatic rings. The Kier molecular flexibility index (Phi) is 5.31. The Bertz CT molecular complexity index is 551. The fraction of sp³-hybridized carbons (Fsp3) is 0.438. The molecule has 0 atom stereocenters. The summed E-state index contributed by atoms with van der Waals surface area (Å²) < 4.78 is 0. The number of halogens is 2. The molecule has 0 unspecified atom stereocenters. The van der Waals surface area contributed by atoms with Gasteiger partial charge < -0.3 is 10.0 Å². The summed E-state index contributed by atoms with van der Waals surface area (Å²) in [7, 11) is 1.70. The molecule has 1 aliphatic carbocycles. The molecule has 1 N–H and O–H groups in total. The number of aliphatic hydroxyl groups is 1. The first-order valence-electron chi connectivity index (χ1n) is 7.01. The van der Waals surface area contributed by atoms with Crippen molar-refractivity contribution in [3.63, 3.8) is 0 Å². The van der Waals surface area contributed by atoms with Crippen LogP contribution in [0.25, 0.3) is 6.08 Å². The van der Waals surface area contributed by atoms with Gasteiger partial charge in [-0.25, -0.2) is 0 Å². The third kappa shape index (κ3) is 4.22. The molecule has 0 aliphatic heterocycles. The molecule has 21 heavy (non-hydrogen) atoms. The van der Waals surface area contributed by atoms with Crippen LogP contribution in [0.2, 0.25) is 10.0 Å². The van der Waals surface area contributed by atoms with Crippen molar-refractivity contribution in [1.82, 2.24) is 4.90 Å². The van der Waals surface area contributed by atoms with E-state index in [9.17, 15) is 9.90 Å². The number of likely N-dealkylation sites (N-methyl/N-ethyl adjacent to an activating group) is 1. The van der Waals surface area contributed by atoms with Gasteiger partial charge in [0.05, 0.1) is 15.6 Å². The van der Waals surface area contributed by atoms with Crippen molar-refractivity contribution in [2.75, 3.05) is 13.6 Å². The van der Waals surface area contributed by atoms with Crippen molar-refractivity contribution < 1.29 is 9.90 Å². The quantitative estimate of drug-likeness (QED) is 0.855. The van der Waals surface area contributed by atoms with Gasteiger partial charge in [-0.05, 0) is 30.5 Å². The lowest BCUT2D eigenvalue weighted by molar-refractivity contribution is -0.127. The second-order valence-corrected chi connectivity index (χ2v) is 6.39. The van der Waals surface area contributed by atoms with Crippen LogP contribution in [0.4, 0.5) is 0 Å². The van der Waals surface area contributed by atoms with E-state index in [1.54, 1.807) is 36.2 Å². The Balaban J connectivity index is 2.00. The summed E-state index contributed by atoms with van der Waals surface area (Å²) >= 11 is 12.0. The lowest BCUT2D eigenvalue weighted by Gasteiger charge is -2.27. The van der Waals surface area contributed by atoms with Crippen LogP contribution in [0, 0.1) is 0 Å². The molecule has 1 fully saturated rings. The Hall–Kier alpha value is -1.03. The van der Waals surface area contributed by atoms with E-state index in [1.807, 2.05) is 0 Å². The molecule has 0 bridgehead atoms. The Morgan fingerprint density at radius 3 is 2.71 bits per heavy atom. The molecule has 0 aromatic heterocycles. The van der Waals surface area contributed by atoms with Crippen LogP contribution < -0.4 is 0 Å². The molecule has 3 nitrogen and oxygen atoms in total. The molecular weight excluding hydrogens is 309 g/mol. The maximum absolute atomic E-state index is 12.1. The van der Waals surface area contributed by atoms with Gasteiger partial charge in [-0.15, -0.1) is 0 Å². The first kappa shape index (κ1) is 16.3.